The topological polar surface area (TPSA) is 20.3 Å². The summed E-state index contributed by atoms with van der Waals surface area (Å²) in [6, 6.07) is 20.2. The van der Waals surface area contributed by atoms with Crippen LogP contribution in [0.5, 0.6) is 0 Å². The van der Waals surface area contributed by atoms with Crippen LogP contribution in [0.1, 0.15) is 36.8 Å². The Balaban J connectivity index is 2.03. The van der Waals surface area contributed by atoms with Gasteiger partial charge in [-0.25, -0.2) is 0 Å². The van der Waals surface area contributed by atoms with Gasteiger partial charge < -0.3 is 4.90 Å². The fourth-order valence-corrected chi connectivity index (χ4v) is 3.56. The average Bonchev–Trinajstić information content (AvgIpc) is 2.67. The first kappa shape index (κ1) is 18.0. The molecule has 0 saturated carbocycles. The fraction of sp³-hybridized carbons (Fsp3) is 0.286. The molecule has 130 valence electrons. The Hall–Kier alpha value is -1.77. The Morgan fingerprint density at radius 3 is 2.16 bits per heavy atom. The highest BCUT2D eigenvalue weighted by molar-refractivity contribution is 6.53. The van der Waals surface area contributed by atoms with E-state index in [2.05, 4.69) is 12.1 Å². The first-order valence-electron chi connectivity index (χ1n) is 8.57. The van der Waals surface area contributed by atoms with Crippen LogP contribution in [0, 0.1) is 0 Å². The number of rotatable bonds is 5. The zero-order valence-electron chi connectivity index (χ0n) is 14.0. The van der Waals surface area contributed by atoms with E-state index in [0.717, 1.165) is 36.9 Å². The summed E-state index contributed by atoms with van der Waals surface area (Å²) in [5.41, 5.74) is 4.52. The van der Waals surface area contributed by atoms with Gasteiger partial charge in [0, 0.05) is 5.70 Å². The third kappa shape index (κ3) is 4.45. The number of nitrogens with zero attached hydrogens (tertiary/aromatic N) is 1. The lowest BCUT2D eigenvalue weighted by Crippen LogP contribution is -2.35. The van der Waals surface area contributed by atoms with Crippen molar-refractivity contribution in [2.24, 2.45) is 0 Å². The minimum atomic E-state index is -1.06. The molecule has 1 aliphatic rings. The fourth-order valence-electron chi connectivity index (χ4n) is 3.33. The standard InChI is InChI=1S/C21H21Cl2NO/c22-20(23)21(25)24(15-16-9-3-1-4-10-16)19-14-8-7-13-18(19)17-11-5-2-6-12-17/h1-6,9-12,20H,7-8,13-15H2. The Morgan fingerprint density at radius 2 is 1.52 bits per heavy atom. The Bertz CT molecular complexity index is 741. The number of benzene rings is 2. The summed E-state index contributed by atoms with van der Waals surface area (Å²) < 4.78 is 0. The average molecular weight is 374 g/mol. The van der Waals surface area contributed by atoms with E-state index in [0.29, 0.717) is 6.54 Å². The van der Waals surface area contributed by atoms with Crippen LogP contribution in [0.2, 0.25) is 0 Å². The molecule has 0 heterocycles. The minimum absolute atomic E-state index is 0.252. The smallest absolute Gasteiger partial charge is 0.260 e. The molecule has 0 aromatic heterocycles. The molecular weight excluding hydrogens is 353 g/mol. The lowest BCUT2D eigenvalue weighted by Gasteiger charge is -2.31. The van der Waals surface area contributed by atoms with Crippen molar-refractivity contribution in [1.82, 2.24) is 4.90 Å². The molecule has 0 aliphatic heterocycles. The molecule has 2 nitrogen and oxygen atoms in total. The van der Waals surface area contributed by atoms with Gasteiger partial charge in [-0.2, -0.15) is 0 Å². The first-order chi connectivity index (χ1) is 12.2. The van der Waals surface area contributed by atoms with E-state index in [-0.39, 0.29) is 5.91 Å². The monoisotopic (exact) mass is 373 g/mol. The van der Waals surface area contributed by atoms with Gasteiger partial charge in [0.15, 0.2) is 4.84 Å². The van der Waals surface area contributed by atoms with Gasteiger partial charge >= 0.3 is 0 Å². The van der Waals surface area contributed by atoms with Crippen molar-refractivity contribution >= 4 is 34.7 Å². The van der Waals surface area contributed by atoms with Crippen molar-refractivity contribution in [3.8, 4) is 0 Å². The third-order valence-corrected chi connectivity index (χ3v) is 4.90. The summed E-state index contributed by atoms with van der Waals surface area (Å²) in [6.07, 6.45) is 4.03. The second-order valence-electron chi connectivity index (χ2n) is 6.21. The van der Waals surface area contributed by atoms with Crippen molar-refractivity contribution in [2.45, 2.75) is 37.1 Å². The molecule has 0 fully saturated rings. The second kappa shape index (κ2) is 8.55. The van der Waals surface area contributed by atoms with Crippen LogP contribution in [0.3, 0.4) is 0 Å². The summed E-state index contributed by atoms with van der Waals surface area (Å²) >= 11 is 11.9. The van der Waals surface area contributed by atoms with Gasteiger partial charge in [0.05, 0.1) is 6.54 Å². The zero-order valence-corrected chi connectivity index (χ0v) is 15.5. The number of amides is 1. The highest BCUT2D eigenvalue weighted by Crippen LogP contribution is 2.35. The van der Waals surface area contributed by atoms with Gasteiger partial charge in [-0.1, -0.05) is 83.9 Å². The normalized spacial score (nSPS) is 14.7. The highest BCUT2D eigenvalue weighted by atomic mass is 35.5. The van der Waals surface area contributed by atoms with E-state index < -0.39 is 4.84 Å². The summed E-state index contributed by atoms with van der Waals surface area (Å²) in [6.45, 7) is 0.487. The molecule has 3 rings (SSSR count). The maximum atomic E-state index is 12.8. The molecule has 0 bridgehead atoms. The molecule has 2 aromatic rings. The Kier molecular flexibility index (Phi) is 6.17. The molecule has 0 saturated heterocycles. The predicted octanol–water partition coefficient (Wildman–Crippen LogP) is 5.80. The SMILES string of the molecule is O=C(C(Cl)Cl)N(Cc1ccccc1)C1=C(c2ccccc2)CCCC1. The van der Waals surface area contributed by atoms with Crippen LogP contribution >= 0.6 is 23.2 Å². The molecular formula is C21H21Cl2NO. The summed E-state index contributed by atoms with van der Waals surface area (Å²) in [7, 11) is 0. The van der Waals surface area contributed by atoms with E-state index in [1.54, 1.807) is 4.90 Å². The van der Waals surface area contributed by atoms with Crippen molar-refractivity contribution in [1.29, 1.82) is 0 Å². The lowest BCUT2D eigenvalue weighted by atomic mass is 9.90. The van der Waals surface area contributed by atoms with E-state index in [1.165, 1.54) is 11.1 Å². The maximum Gasteiger partial charge on any atom is 0.260 e. The maximum absolute atomic E-state index is 12.8. The number of carbonyl (C=O) groups is 1. The number of carbonyl (C=O) groups excluding carboxylic acids is 1. The molecule has 0 N–H and O–H groups in total. The molecule has 0 atom stereocenters. The van der Waals surface area contributed by atoms with E-state index in [1.807, 2.05) is 48.5 Å². The van der Waals surface area contributed by atoms with Crippen molar-refractivity contribution in [3.63, 3.8) is 0 Å². The van der Waals surface area contributed by atoms with Crippen molar-refractivity contribution < 1.29 is 4.79 Å². The number of hydrogen-bond donors (Lipinski definition) is 0. The van der Waals surface area contributed by atoms with Crippen molar-refractivity contribution in [2.75, 3.05) is 0 Å². The number of allylic oxidation sites excluding steroid dienone is 2. The van der Waals surface area contributed by atoms with Crippen LogP contribution in [0.25, 0.3) is 5.57 Å². The molecule has 0 radical (unpaired) electrons. The molecule has 25 heavy (non-hydrogen) atoms. The van der Waals surface area contributed by atoms with Gasteiger partial charge in [-0.3, -0.25) is 4.79 Å². The molecule has 4 heteroatoms. The van der Waals surface area contributed by atoms with Gasteiger partial charge in [-0.05, 0) is 42.4 Å². The van der Waals surface area contributed by atoms with Crippen LogP contribution < -0.4 is 0 Å². The molecule has 1 amide bonds. The van der Waals surface area contributed by atoms with Gasteiger partial charge in [0.2, 0.25) is 0 Å². The van der Waals surface area contributed by atoms with Crippen LogP contribution in [-0.4, -0.2) is 15.6 Å². The Morgan fingerprint density at radius 1 is 0.920 bits per heavy atom. The van der Waals surface area contributed by atoms with Crippen molar-refractivity contribution in [3.05, 3.63) is 77.5 Å². The predicted molar refractivity (Wildman–Crippen MR) is 104 cm³/mol. The highest BCUT2D eigenvalue weighted by Gasteiger charge is 2.27. The van der Waals surface area contributed by atoms with Gasteiger partial charge in [0.1, 0.15) is 0 Å². The first-order valence-corrected chi connectivity index (χ1v) is 9.45. The summed E-state index contributed by atoms with van der Waals surface area (Å²) in [5.74, 6) is -0.252. The van der Waals surface area contributed by atoms with Crippen LogP contribution in [0.4, 0.5) is 0 Å². The lowest BCUT2D eigenvalue weighted by molar-refractivity contribution is -0.128. The quantitative estimate of drug-likeness (QED) is 0.606. The second-order valence-corrected chi connectivity index (χ2v) is 7.31. The number of alkyl halides is 2. The van der Waals surface area contributed by atoms with Crippen LogP contribution in [-0.2, 0) is 11.3 Å². The van der Waals surface area contributed by atoms with E-state index >= 15 is 0 Å². The van der Waals surface area contributed by atoms with Gasteiger partial charge in [0.25, 0.3) is 5.91 Å². The van der Waals surface area contributed by atoms with Crippen LogP contribution in [0.15, 0.2) is 66.4 Å². The summed E-state index contributed by atoms with van der Waals surface area (Å²) in [4.78, 5) is 13.5. The molecule has 0 spiro atoms. The third-order valence-electron chi connectivity index (χ3n) is 4.52. The molecule has 0 unspecified atom stereocenters. The summed E-state index contributed by atoms with van der Waals surface area (Å²) in [5, 5.41) is 0. The zero-order chi connectivity index (χ0) is 17.6. The molecule has 1 aliphatic carbocycles. The van der Waals surface area contributed by atoms with E-state index in [9.17, 15) is 4.79 Å². The minimum Gasteiger partial charge on any atom is -0.309 e. The number of hydrogen-bond acceptors (Lipinski definition) is 1. The van der Waals surface area contributed by atoms with E-state index in [4.69, 9.17) is 23.2 Å². The number of halogens is 2. The molecule has 2 aromatic carbocycles. The largest absolute Gasteiger partial charge is 0.309 e. The Labute approximate surface area is 159 Å². The van der Waals surface area contributed by atoms with Gasteiger partial charge in [-0.15, -0.1) is 0 Å².